The van der Waals surface area contributed by atoms with Gasteiger partial charge in [0, 0.05) is 12.8 Å². The molecule has 0 amide bonds. The van der Waals surface area contributed by atoms with E-state index in [0.717, 1.165) is 19.3 Å². The van der Waals surface area contributed by atoms with Crippen molar-refractivity contribution in [2.45, 2.75) is 30.9 Å². The van der Waals surface area contributed by atoms with Crippen LogP contribution in [-0.4, -0.2) is 22.6 Å². The maximum Gasteiger partial charge on any atom is 0.146 e. The van der Waals surface area contributed by atoms with Crippen molar-refractivity contribution in [3.05, 3.63) is 0 Å². The molecule has 0 spiro atoms. The SMILES string of the molecule is O=C1CS[C@@H]2C(=O)CCC[C@@H]2C1. The topological polar surface area (TPSA) is 34.1 Å². The second-order valence-electron chi connectivity index (χ2n) is 3.59. The zero-order valence-corrected chi connectivity index (χ0v) is 7.73. The molecule has 0 bridgehead atoms. The van der Waals surface area contributed by atoms with E-state index in [4.69, 9.17) is 0 Å². The number of fused-ring (bicyclic) bond motifs is 1. The minimum atomic E-state index is 0.163. The van der Waals surface area contributed by atoms with Gasteiger partial charge in [0.1, 0.15) is 11.6 Å². The highest BCUT2D eigenvalue weighted by atomic mass is 32.2. The van der Waals surface area contributed by atoms with Crippen LogP contribution in [0.15, 0.2) is 0 Å². The zero-order chi connectivity index (χ0) is 8.55. The van der Waals surface area contributed by atoms with Crippen LogP contribution in [0.4, 0.5) is 0 Å². The van der Waals surface area contributed by atoms with Crippen LogP contribution in [0, 0.1) is 5.92 Å². The molecule has 0 aromatic heterocycles. The summed E-state index contributed by atoms with van der Waals surface area (Å²) in [6, 6.07) is 0. The van der Waals surface area contributed by atoms with Crippen LogP contribution >= 0.6 is 11.8 Å². The average molecular weight is 184 g/mol. The first-order valence-corrected chi connectivity index (χ1v) is 5.48. The Kier molecular flexibility index (Phi) is 2.22. The van der Waals surface area contributed by atoms with Crippen molar-refractivity contribution in [3.63, 3.8) is 0 Å². The molecular weight excluding hydrogens is 172 g/mol. The molecular formula is C9H12O2S. The molecule has 2 fully saturated rings. The van der Waals surface area contributed by atoms with Gasteiger partial charge in [-0.15, -0.1) is 11.8 Å². The van der Waals surface area contributed by atoms with Gasteiger partial charge < -0.3 is 0 Å². The van der Waals surface area contributed by atoms with E-state index in [1.807, 2.05) is 0 Å². The quantitative estimate of drug-likeness (QED) is 0.571. The Hall–Kier alpha value is -0.310. The highest BCUT2D eigenvalue weighted by molar-refractivity contribution is 8.01. The maximum absolute atomic E-state index is 11.4. The predicted octanol–water partition coefficient (Wildman–Crippen LogP) is 1.43. The molecule has 1 aliphatic carbocycles. The van der Waals surface area contributed by atoms with Crippen LogP contribution in [0.2, 0.25) is 0 Å². The second-order valence-corrected chi connectivity index (χ2v) is 4.72. The van der Waals surface area contributed by atoms with Crippen molar-refractivity contribution in [2.24, 2.45) is 5.92 Å². The van der Waals surface area contributed by atoms with Crippen LogP contribution < -0.4 is 0 Å². The van der Waals surface area contributed by atoms with Crippen LogP contribution in [0.5, 0.6) is 0 Å². The van der Waals surface area contributed by atoms with Crippen LogP contribution in [0.1, 0.15) is 25.7 Å². The van der Waals surface area contributed by atoms with Gasteiger partial charge in [-0.3, -0.25) is 9.59 Å². The second kappa shape index (κ2) is 3.21. The fraction of sp³-hybridized carbons (Fsp3) is 0.778. The van der Waals surface area contributed by atoms with Gasteiger partial charge in [0.2, 0.25) is 0 Å². The van der Waals surface area contributed by atoms with Crippen molar-refractivity contribution < 1.29 is 9.59 Å². The molecule has 12 heavy (non-hydrogen) atoms. The highest BCUT2D eigenvalue weighted by Crippen LogP contribution is 2.37. The van der Waals surface area contributed by atoms with E-state index in [0.29, 0.717) is 29.7 Å². The van der Waals surface area contributed by atoms with Crippen LogP contribution in [0.3, 0.4) is 0 Å². The van der Waals surface area contributed by atoms with E-state index in [2.05, 4.69) is 0 Å². The maximum atomic E-state index is 11.4. The lowest BCUT2D eigenvalue weighted by molar-refractivity contribution is -0.122. The van der Waals surface area contributed by atoms with Crippen LogP contribution in [0.25, 0.3) is 0 Å². The summed E-state index contributed by atoms with van der Waals surface area (Å²) in [6.45, 7) is 0. The molecule has 2 aliphatic rings. The third-order valence-electron chi connectivity index (χ3n) is 2.66. The molecule has 1 heterocycles. The number of Topliss-reactive ketones (excluding diaryl/α,β-unsaturated/α-hetero) is 2. The number of carbonyl (C=O) groups is 2. The van der Waals surface area contributed by atoms with Gasteiger partial charge in [-0.05, 0) is 18.8 Å². The van der Waals surface area contributed by atoms with Crippen molar-refractivity contribution in [1.29, 1.82) is 0 Å². The third kappa shape index (κ3) is 1.42. The number of thioether (sulfide) groups is 1. The summed E-state index contributed by atoms with van der Waals surface area (Å²) in [5, 5.41) is 0.163. The Labute approximate surface area is 76.1 Å². The predicted molar refractivity (Wildman–Crippen MR) is 48.2 cm³/mol. The molecule has 2 nitrogen and oxygen atoms in total. The summed E-state index contributed by atoms with van der Waals surface area (Å²) in [6.07, 6.45) is 3.47. The molecule has 0 aromatic carbocycles. The Morgan fingerprint density at radius 2 is 2.17 bits per heavy atom. The van der Waals surface area contributed by atoms with Crippen LogP contribution in [-0.2, 0) is 9.59 Å². The van der Waals surface area contributed by atoms with Crippen molar-refractivity contribution >= 4 is 23.3 Å². The van der Waals surface area contributed by atoms with Crippen molar-refractivity contribution in [1.82, 2.24) is 0 Å². The van der Waals surface area contributed by atoms with E-state index in [-0.39, 0.29) is 5.25 Å². The van der Waals surface area contributed by atoms with Gasteiger partial charge in [0.25, 0.3) is 0 Å². The lowest BCUT2D eigenvalue weighted by Crippen LogP contribution is -2.37. The minimum absolute atomic E-state index is 0.163. The average Bonchev–Trinajstić information content (AvgIpc) is 2.04. The summed E-state index contributed by atoms with van der Waals surface area (Å²) >= 11 is 1.56. The van der Waals surface area contributed by atoms with Gasteiger partial charge in [0.05, 0.1) is 11.0 Å². The first-order valence-electron chi connectivity index (χ1n) is 4.43. The van der Waals surface area contributed by atoms with Gasteiger partial charge in [-0.1, -0.05) is 0 Å². The minimum Gasteiger partial charge on any atom is -0.299 e. The number of ketones is 2. The number of carbonyl (C=O) groups excluding carboxylic acids is 2. The summed E-state index contributed by atoms with van der Waals surface area (Å²) < 4.78 is 0. The molecule has 1 saturated heterocycles. The molecule has 0 aromatic rings. The monoisotopic (exact) mass is 184 g/mol. The summed E-state index contributed by atoms with van der Waals surface area (Å²) in [7, 11) is 0. The van der Waals surface area contributed by atoms with Crippen molar-refractivity contribution in [3.8, 4) is 0 Å². The van der Waals surface area contributed by atoms with E-state index in [9.17, 15) is 9.59 Å². The fourth-order valence-electron chi connectivity index (χ4n) is 2.07. The van der Waals surface area contributed by atoms with Gasteiger partial charge in [-0.2, -0.15) is 0 Å². The Balaban J connectivity index is 2.09. The Morgan fingerprint density at radius 1 is 1.33 bits per heavy atom. The highest BCUT2D eigenvalue weighted by Gasteiger charge is 2.36. The first-order chi connectivity index (χ1) is 5.77. The van der Waals surface area contributed by atoms with Gasteiger partial charge in [0.15, 0.2) is 0 Å². The van der Waals surface area contributed by atoms with E-state index in [1.165, 1.54) is 0 Å². The van der Waals surface area contributed by atoms with Crippen molar-refractivity contribution in [2.75, 3.05) is 5.75 Å². The molecule has 1 saturated carbocycles. The molecule has 2 rings (SSSR count). The van der Waals surface area contributed by atoms with Gasteiger partial charge in [-0.25, -0.2) is 0 Å². The van der Waals surface area contributed by atoms with Gasteiger partial charge >= 0.3 is 0 Å². The van der Waals surface area contributed by atoms with E-state index in [1.54, 1.807) is 11.8 Å². The number of hydrogen-bond donors (Lipinski definition) is 0. The molecule has 1 aliphatic heterocycles. The van der Waals surface area contributed by atoms with E-state index < -0.39 is 0 Å². The lowest BCUT2D eigenvalue weighted by Gasteiger charge is -2.32. The smallest absolute Gasteiger partial charge is 0.146 e. The Bertz CT molecular complexity index is 225. The molecule has 66 valence electrons. The molecule has 2 atom stereocenters. The zero-order valence-electron chi connectivity index (χ0n) is 6.91. The van der Waals surface area contributed by atoms with E-state index >= 15 is 0 Å². The standard InChI is InChI=1S/C9H12O2S/c10-7-4-6-2-1-3-8(11)9(6)12-5-7/h6,9H,1-5H2/t6-,9+/m1/s1. The summed E-state index contributed by atoms with van der Waals surface area (Å²) in [5.74, 6) is 1.64. The lowest BCUT2D eigenvalue weighted by atomic mass is 9.84. The normalized spacial score (nSPS) is 36.3. The number of rotatable bonds is 0. The molecule has 3 heteroatoms. The molecule has 0 unspecified atom stereocenters. The summed E-state index contributed by atoms with van der Waals surface area (Å²) in [5.41, 5.74) is 0. The first kappa shape index (κ1) is 8.30. The molecule has 0 radical (unpaired) electrons. The Morgan fingerprint density at radius 3 is 3.00 bits per heavy atom. The fourth-order valence-corrected chi connectivity index (χ4v) is 3.36. The number of hydrogen-bond acceptors (Lipinski definition) is 3. The largest absolute Gasteiger partial charge is 0.299 e. The third-order valence-corrected chi connectivity index (χ3v) is 4.15. The summed E-state index contributed by atoms with van der Waals surface area (Å²) in [4.78, 5) is 22.5. The molecule has 0 N–H and O–H groups in total.